The fraction of sp³-hybridized carbons (Fsp3) is 0.868. The average Bonchev–Trinajstić information content (AvgIpc) is 3.22. The molecule has 4 heteroatoms. The predicted octanol–water partition coefficient (Wildman–Crippen LogP) is 16.5. The van der Waals surface area contributed by atoms with Crippen LogP contribution in [0, 0.1) is 0 Å². The lowest BCUT2D eigenvalue weighted by atomic mass is 10.0. The number of aliphatic hydroxyl groups is 2. The highest BCUT2D eigenvalue weighted by molar-refractivity contribution is 5.76. The fourth-order valence-corrected chi connectivity index (χ4v) is 7.90. The smallest absolute Gasteiger partial charge is 0.220 e. The molecule has 0 fully saturated rings. The summed E-state index contributed by atoms with van der Waals surface area (Å²) in [5.41, 5.74) is 0. The summed E-state index contributed by atoms with van der Waals surface area (Å²) in [6, 6.07) is -0.629. The first-order valence-electron chi connectivity index (χ1n) is 25.7. The monoisotopic (exact) mass is 800 g/mol. The van der Waals surface area contributed by atoms with Crippen molar-refractivity contribution in [2.75, 3.05) is 6.61 Å². The van der Waals surface area contributed by atoms with Crippen LogP contribution in [0.25, 0.3) is 0 Å². The van der Waals surface area contributed by atoms with E-state index in [1.54, 1.807) is 6.08 Å². The topological polar surface area (TPSA) is 69.6 Å². The summed E-state index contributed by atoms with van der Waals surface area (Å²) < 4.78 is 0. The zero-order valence-corrected chi connectivity index (χ0v) is 38.6. The second-order valence-electron chi connectivity index (χ2n) is 17.6. The Morgan fingerprint density at radius 2 is 0.737 bits per heavy atom. The van der Waals surface area contributed by atoms with Crippen LogP contribution in [-0.2, 0) is 4.79 Å². The number of allylic oxidation sites excluding steroid dienone is 5. The van der Waals surface area contributed by atoms with Gasteiger partial charge in [-0.25, -0.2) is 0 Å². The maximum atomic E-state index is 12.4. The Hall–Kier alpha value is -1.39. The van der Waals surface area contributed by atoms with Gasteiger partial charge in [-0.15, -0.1) is 0 Å². The second-order valence-corrected chi connectivity index (χ2v) is 17.6. The van der Waals surface area contributed by atoms with Crippen molar-refractivity contribution in [3.8, 4) is 0 Å². The number of rotatable bonds is 47. The van der Waals surface area contributed by atoms with Crippen LogP contribution in [0.2, 0.25) is 0 Å². The SMILES string of the molecule is CCCC/C=C\C/C=C\CCCCCCCC(=O)NC(CO)C(O)/C=C/CCCCCCCCCCCCCCCCCCCCCCCCCCCCCCC. The summed E-state index contributed by atoms with van der Waals surface area (Å²) in [4.78, 5) is 12.4. The number of hydrogen-bond donors (Lipinski definition) is 3. The van der Waals surface area contributed by atoms with Gasteiger partial charge in [0.2, 0.25) is 5.91 Å². The van der Waals surface area contributed by atoms with Crippen LogP contribution in [0.4, 0.5) is 0 Å². The average molecular weight is 800 g/mol. The third-order valence-electron chi connectivity index (χ3n) is 11.9. The zero-order chi connectivity index (χ0) is 41.4. The van der Waals surface area contributed by atoms with Gasteiger partial charge in [0.15, 0.2) is 0 Å². The van der Waals surface area contributed by atoms with Crippen LogP contribution in [-0.4, -0.2) is 34.9 Å². The number of hydrogen-bond acceptors (Lipinski definition) is 3. The number of nitrogens with one attached hydrogen (secondary N) is 1. The minimum Gasteiger partial charge on any atom is -0.394 e. The predicted molar refractivity (Wildman–Crippen MR) is 253 cm³/mol. The molecule has 57 heavy (non-hydrogen) atoms. The van der Waals surface area contributed by atoms with Crippen molar-refractivity contribution in [1.29, 1.82) is 0 Å². The second kappa shape index (κ2) is 49.0. The van der Waals surface area contributed by atoms with Crippen LogP contribution >= 0.6 is 0 Å². The van der Waals surface area contributed by atoms with E-state index in [9.17, 15) is 15.0 Å². The van der Waals surface area contributed by atoms with Gasteiger partial charge in [0.05, 0.1) is 18.8 Å². The molecule has 0 aromatic rings. The molecule has 0 spiro atoms. The molecule has 2 unspecified atom stereocenters. The van der Waals surface area contributed by atoms with Crippen molar-refractivity contribution in [3.05, 3.63) is 36.5 Å². The summed E-state index contributed by atoms with van der Waals surface area (Å²) >= 11 is 0. The van der Waals surface area contributed by atoms with Crippen molar-refractivity contribution in [3.63, 3.8) is 0 Å². The molecule has 0 saturated heterocycles. The highest BCUT2D eigenvalue weighted by atomic mass is 16.3. The van der Waals surface area contributed by atoms with E-state index < -0.39 is 12.1 Å². The molecule has 336 valence electrons. The molecular weight excluding hydrogens is 699 g/mol. The van der Waals surface area contributed by atoms with E-state index in [-0.39, 0.29) is 12.5 Å². The first-order valence-corrected chi connectivity index (χ1v) is 25.7. The van der Waals surface area contributed by atoms with Crippen molar-refractivity contribution in [2.24, 2.45) is 0 Å². The summed E-state index contributed by atoms with van der Waals surface area (Å²) in [5.74, 6) is -0.0766. The van der Waals surface area contributed by atoms with E-state index in [1.165, 1.54) is 212 Å². The van der Waals surface area contributed by atoms with Gasteiger partial charge in [-0.1, -0.05) is 262 Å². The van der Waals surface area contributed by atoms with Crippen LogP contribution in [0.3, 0.4) is 0 Å². The number of carbonyl (C=O) groups excluding carboxylic acids is 1. The minimum atomic E-state index is -0.845. The third-order valence-corrected chi connectivity index (χ3v) is 11.9. The van der Waals surface area contributed by atoms with Crippen molar-refractivity contribution in [1.82, 2.24) is 5.32 Å². The molecule has 0 aromatic heterocycles. The molecule has 2 atom stereocenters. The quantitative estimate of drug-likeness (QED) is 0.0424. The zero-order valence-electron chi connectivity index (χ0n) is 38.6. The van der Waals surface area contributed by atoms with E-state index in [0.29, 0.717) is 6.42 Å². The van der Waals surface area contributed by atoms with Gasteiger partial charge < -0.3 is 15.5 Å². The summed E-state index contributed by atoms with van der Waals surface area (Å²) in [6.07, 6.45) is 65.8. The van der Waals surface area contributed by atoms with E-state index in [4.69, 9.17) is 0 Å². The standard InChI is InChI=1S/C53H101NO3/c1-3-5-7-9-11-13-15-17-19-20-21-22-23-24-25-26-27-28-29-30-31-32-33-34-35-36-38-40-42-44-46-48-52(56)51(50-55)54-53(57)49-47-45-43-41-39-37-18-16-14-12-10-8-6-4-2/h10,12,16,18,46,48,51-52,55-56H,3-9,11,13-15,17,19-45,47,49-50H2,1-2H3,(H,54,57)/b12-10-,18-16-,48-46+. The lowest BCUT2D eigenvalue weighted by Gasteiger charge is -2.20. The fourth-order valence-electron chi connectivity index (χ4n) is 7.90. The van der Waals surface area contributed by atoms with Gasteiger partial charge in [0.25, 0.3) is 0 Å². The van der Waals surface area contributed by atoms with Crippen molar-refractivity contribution in [2.45, 2.75) is 289 Å². The van der Waals surface area contributed by atoms with Gasteiger partial charge in [0.1, 0.15) is 0 Å². The number of amides is 1. The van der Waals surface area contributed by atoms with Crippen LogP contribution < -0.4 is 5.32 Å². The molecule has 0 aliphatic carbocycles. The van der Waals surface area contributed by atoms with Crippen molar-refractivity contribution >= 4 is 5.91 Å². The molecule has 4 nitrogen and oxygen atoms in total. The van der Waals surface area contributed by atoms with Crippen molar-refractivity contribution < 1.29 is 15.0 Å². The first kappa shape index (κ1) is 55.6. The summed E-state index contributed by atoms with van der Waals surface area (Å²) in [5, 5.41) is 23.1. The van der Waals surface area contributed by atoms with Gasteiger partial charge in [-0.05, 0) is 44.9 Å². The number of carbonyl (C=O) groups is 1. The molecule has 0 aliphatic rings. The van der Waals surface area contributed by atoms with Crippen LogP contribution in [0.1, 0.15) is 277 Å². The maximum Gasteiger partial charge on any atom is 0.220 e. The molecule has 0 saturated carbocycles. The Balaban J connectivity index is 3.45. The Bertz CT molecular complexity index is 866. The van der Waals surface area contributed by atoms with Gasteiger partial charge in [-0.2, -0.15) is 0 Å². The largest absolute Gasteiger partial charge is 0.394 e. The van der Waals surface area contributed by atoms with Gasteiger partial charge >= 0.3 is 0 Å². The number of aliphatic hydroxyl groups excluding tert-OH is 2. The molecule has 0 rings (SSSR count). The van der Waals surface area contributed by atoms with E-state index in [2.05, 4.69) is 43.5 Å². The Morgan fingerprint density at radius 1 is 0.421 bits per heavy atom. The Labute approximate surface area is 357 Å². The minimum absolute atomic E-state index is 0.0766. The van der Waals surface area contributed by atoms with Gasteiger partial charge in [0, 0.05) is 6.42 Å². The maximum absolute atomic E-state index is 12.4. The Morgan fingerprint density at radius 3 is 1.11 bits per heavy atom. The van der Waals surface area contributed by atoms with Crippen LogP contribution in [0.5, 0.6) is 0 Å². The molecule has 0 radical (unpaired) electrons. The molecule has 3 N–H and O–H groups in total. The summed E-state index contributed by atoms with van der Waals surface area (Å²) in [7, 11) is 0. The first-order chi connectivity index (χ1) is 28.2. The molecule has 1 amide bonds. The lowest BCUT2D eigenvalue weighted by Crippen LogP contribution is -2.45. The summed E-state index contributed by atoms with van der Waals surface area (Å²) in [6.45, 7) is 4.28. The van der Waals surface area contributed by atoms with Crippen LogP contribution in [0.15, 0.2) is 36.5 Å². The third kappa shape index (κ3) is 45.5. The van der Waals surface area contributed by atoms with E-state index in [1.807, 2.05) is 6.08 Å². The molecular formula is C53H101NO3. The normalized spacial score (nSPS) is 13.1. The molecule has 0 aliphatic heterocycles. The molecule has 0 aromatic carbocycles. The highest BCUT2D eigenvalue weighted by Crippen LogP contribution is 2.17. The lowest BCUT2D eigenvalue weighted by molar-refractivity contribution is -0.123. The number of unbranched alkanes of at least 4 members (excludes halogenated alkanes) is 36. The van der Waals surface area contributed by atoms with Gasteiger partial charge in [-0.3, -0.25) is 4.79 Å². The van der Waals surface area contributed by atoms with E-state index in [0.717, 1.165) is 44.9 Å². The Kier molecular flexibility index (Phi) is 47.8. The molecule has 0 bridgehead atoms. The van der Waals surface area contributed by atoms with E-state index >= 15 is 0 Å². The molecule has 0 heterocycles. The highest BCUT2D eigenvalue weighted by Gasteiger charge is 2.18.